The van der Waals surface area contributed by atoms with E-state index in [1.165, 1.54) is 6.07 Å². The van der Waals surface area contributed by atoms with Gasteiger partial charge in [0.2, 0.25) is 6.10 Å². The van der Waals surface area contributed by atoms with E-state index in [9.17, 15) is 14.4 Å². The summed E-state index contributed by atoms with van der Waals surface area (Å²) >= 11 is 0. The lowest BCUT2D eigenvalue weighted by Crippen LogP contribution is -2.25. The summed E-state index contributed by atoms with van der Waals surface area (Å²) < 4.78 is 11.4. The van der Waals surface area contributed by atoms with Gasteiger partial charge in [0.1, 0.15) is 0 Å². The standard InChI is InChI=1S/C26H20N2O5/c29-22-17-16-21(27-28-22)25(30)33-24(20-14-8-3-9-15-20)26(31)32-23(18-10-4-1-5-11-18)19-12-6-2-7-13-19/h1-17,23-24H,(H,28,29). The van der Waals surface area contributed by atoms with E-state index < -0.39 is 29.7 Å². The summed E-state index contributed by atoms with van der Waals surface area (Å²) in [5.41, 5.74) is 1.40. The number of H-pyrrole nitrogens is 1. The Bertz CT molecular complexity index is 1210. The van der Waals surface area contributed by atoms with Crippen LogP contribution in [0.2, 0.25) is 0 Å². The number of benzene rings is 3. The molecule has 1 N–H and O–H groups in total. The Morgan fingerprint density at radius 2 is 1.18 bits per heavy atom. The van der Waals surface area contributed by atoms with E-state index in [-0.39, 0.29) is 5.69 Å². The highest BCUT2D eigenvalue weighted by atomic mass is 16.6. The number of nitrogens with zero attached hydrogens (tertiary/aromatic N) is 1. The first-order valence-corrected chi connectivity index (χ1v) is 10.2. The van der Waals surface area contributed by atoms with Gasteiger partial charge in [0.15, 0.2) is 11.8 Å². The number of carbonyl (C=O) groups excluding carboxylic acids is 2. The van der Waals surface area contributed by atoms with Gasteiger partial charge in [0.05, 0.1) is 0 Å². The van der Waals surface area contributed by atoms with Crippen LogP contribution in [0.1, 0.15) is 39.4 Å². The van der Waals surface area contributed by atoms with E-state index in [2.05, 4.69) is 10.2 Å². The van der Waals surface area contributed by atoms with Gasteiger partial charge in [-0.15, -0.1) is 0 Å². The van der Waals surface area contributed by atoms with Crippen molar-refractivity contribution < 1.29 is 19.1 Å². The summed E-state index contributed by atoms with van der Waals surface area (Å²) in [5, 5.41) is 5.85. The molecule has 0 bridgehead atoms. The number of aromatic amines is 1. The van der Waals surface area contributed by atoms with Crippen LogP contribution in [-0.4, -0.2) is 22.1 Å². The van der Waals surface area contributed by atoms with Crippen molar-refractivity contribution in [1.29, 1.82) is 0 Å². The predicted molar refractivity (Wildman–Crippen MR) is 120 cm³/mol. The molecule has 0 aliphatic heterocycles. The summed E-state index contributed by atoms with van der Waals surface area (Å²) in [6, 6.07) is 29.6. The molecule has 0 saturated carbocycles. The molecule has 4 aromatic rings. The Hall–Kier alpha value is -4.52. The first-order valence-electron chi connectivity index (χ1n) is 10.2. The maximum absolute atomic E-state index is 13.3. The fourth-order valence-corrected chi connectivity index (χ4v) is 3.27. The van der Waals surface area contributed by atoms with Crippen molar-refractivity contribution in [1.82, 2.24) is 10.2 Å². The Morgan fingerprint density at radius 3 is 1.67 bits per heavy atom. The van der Waals surface area contributed by atoms with Crippen molar-refractivity contribution in [2.45, 2.75) is 12.2 Å². The summed E-state index contributed by atoms with van der Waals surface area (Å²) in [6.45, 7) is 0. The third kappa shape index (κ3) is 5.40. The predicted octanol–water partition coefficient (Wildman–Crippen LogP) is 4.00. The molecule has 0 fully saturated rings. The lowest BCUT2D eigenvalue weighted by Gasteiger charge is -2.23. The summed E-state index contributed by atoms with van der Waals surface area (Å²) in [7, 11) is 0. The van der Waals surface area contributed by atoms with Crippen molar-refractivity contribution >= 4 is 11.9 Å². The lowest BCUT2D eigenvalue weighted by molar-refractivity contribution is -0.158. The van der Waals surface area contributed by atoms with Gasteiger partial charge in [0.25, 0.3) is 5.56 Å². The molecule has 164 valence electrons. The maximum Gasteiger partial charge on any atom is 0.359 e. The van der Waals surface area contributed by atoms with Crippen LogP contribution < -0.4 is 5.56 Å². The van der Waals surface area contributed by atoms with Crippen molar-refractivity contribution in [2.75, 3.05) is 0 Å². The van der Waals surface area contributed by atoms with Crippen LogP contribution in [0.5, 0.6) is 0 Å². The normalized spacial score (nSPS) is 11.5. The molecule has 0 aliphatic carbocycles. The van der Waals surface area contributed by atoms with Gasteiger partial charge in [-0.05, 0) is 17.2 Å². The minimum absolute atomic E-state index is 0.133. The number of rotatable bonds is 7. The third-order valence-electron chi connectivity index (χ3n) is 4.87. The van der Waals surface area contributed by atoms with E-state index in [1.54, 1.807) is 30.3 Å². The van der Waals surface area contributed by atoms with E-state index in [4.69, 9.17) is 9.47 Å². The molecule has 3 aromatic carbocycles. The first kappa shape index (κ1) is 21.7. The number of hydrogen-bond donors (Lipinski definition) is 1. The molecule has 1 aromatic heterocycles. The van der Waals surface area contributed by atoms with Crippen LogP contribution >= 0.6 is 0 Å². The Balaban J connectivity index is 1.64. The van der Waals surface area contributed by atoms with Crippen LogP contribution in [0.25, 0.3) is 0 Å². The molecule has 0 spiro atoms. The van der Waals surface area contributed by atoms with Gasteiger partial charge >= 0.3 is 11.9 Å². The van der Waals surface area contributed by atoms with Crippen LogP contribution in [0.3, 0.4) is 0 Å². The number of esters is 2. The molecule has 1 unspecified atom stereocenters. The quantitative estimate of drug-likeness (QED) is 0.436. The second kappa shape index (κ2) is 10.2. The molecule has 0 saturated heterocycles. The largest absolute Gasteiger partial charge is 0.450 e. The van der Waals surface area contributed by atoms with E-state index in [1.807, 2.05) is 60.7 Å². The minimum atomic E-state index is -1.33. The molecular formula is C26H20N2O5. The molecule has 1 heterocycles. The molecule has 33 heavy (non-hydrogen) atoms. The molecule has 7 heteroatoms. The fourth-order valence-electron chi connectivity index (χ4n) is 3.27. The van der Waals surface area contributed by atoms with E-state index >= 15 is 0 Å². The molecule has 4 rings (SSSR count). The Kier molecular flexibility index (Phi) is 6.70. The molecule has 1 atom stereocenters. The average molecular weight is 440 g/mol. The Labute approximate surface area is 189 Å². The first-order chi connectivity index (χ1) is 16.1. The summed E-state index contributed by atoms with van der Waals surface area (Å²) in [6.07, 6.45) is -2.03. The average Bonchev–Trinajstić information content (AvgIpc) is 2.87. The smallest absolute Gasteiger partial charge is 0.359 e. The molecule has 7 nitrogen and oxygen atoms in total. The highest BCUT2D eigenvalue weighted by molar-refractivity contribution is 5.89. The second-order valence-corrected chi connectivity index (χ2v) is 7.14. The number of aromatic nitrogens is 2. The number of carbonyl (C=O) groups is 2. The van der Waals surface area contributed by atoms with Crippen LogP contribution in [0.4, 0.5) is 0 Å². The molecule has 0 aliphatic rings. The zero-order chi connectivity index (χ0) is 23.0. The van der Waals surface area contributed by atoms with Crippen LogP contribution in [0.15, 0.2) is 108 Å². The summed E-state index contributed by atoms with van der Waals surface area (Å²) in [5.74, 6) is -1.61. The molecule has 0 radical (unpaired) electrons. The van der Waals surface area contributed by atoms with Gasteiger partial charge in [-0.3, -0.25) is 4.79 Å². The van der Waals surface area contributed by atoms with E-state index in [0.29, 0.717) is 5.56 Å². The highest BCUT2D eigenvalue weighted by Gasteiger charge is 2.31. The highest BCUT2D eigenvalue weighted by Crippen LogP contribution is 2.29. The van der Waals surface area contributed by atoms with Crippen molar-refractivity contribution in [3.05, 3.63) is 136 Å². The van der Waals surface area contributed by atoms with Gasteiger partial charge in [-0.25, -0.2) is 14.7 Å². The third-order valence-corrected chi connectivity index (χ3v) is 4.87. The van der Waals surface area contributed by atoms with Crippen LogP contribution in [0, 0.1) is 0 Å². The SMILES string of the molecule is O=C(OC(C(=O)OC(c1ccccc1)c1ccccc1)c1ccccc1)c1ccc(=O)[nH]n1. The van der Waals surface area contributed by atoms with Crippen LogP contribution in [-0.2, 0) is 14.3 Å². The van der Waals surface area contributed by atoms with Gasteiger partial charge in [0, 0.05) is 11.6 Å². The number of hydrogen-bond acceptors (Lipinski definition) is 6. The molecule has 0 amide bonds. The van der Waals surface area contributed by atoms with Gasteiger partial charge in [-0.2, -0.15) is 5.10 Å². The molecular weight excluding hydrogens is 420 g/mol. The zero-order valence-electron chi connectivity index (χ0n) is 17.5. The maximum atomic E-state index is 13.3. The number of nitrogens with one attached hydrogen (secondary N) is 1. The zero-order valence-corrected chi connectivity index (χ0v) is 17.5. The van der Waals surface area contributed by atoms with Gasteiger partial charge in [-0.1, -0.05) is 91.0 Å². The number of ether oxygens (including phenoxy) is 2. The second-order valence-electron chi connectivity index (χ2n) is 7.14. The summed E-state index contributed by atoms with van der Waals surface area (Å²) in [4.78, 5) is 37.2. The monoisotopic (exact) mass is 440 g/mol. The van der Waals surface area contributed by atoms with Gasteiger partial charge < -0.3 is 9.47 Å². The van der Waals surface area contributed by atoms with Crippen molar-refractivity contribution in [3.8, 4) is 0 Å². The minimum Gasteiger partial charge on any atom is -0.450 e. The Morgan fingerprint density at radius 1 is 0.667 bits per heavy atom. The van der Waals surface area contributed by atoms with Crippen molar-refractivity contribution in [3.63, 3.8) is 0 Å². The lowest BCUT2D eigenvalue weighted by atomic mass is 10.0. The van der Waals surface area contributed by atoms with E-state index in [0.717, 1.165) is 17.2 Å². The fraction of sp³-hybridized carbons (Fsp3) is 0.0769. The topological polar surface area (TPSA) is 98.4 Å². The van der Waals surface area contributed by atoms with Crippen molar-refractivity contribution in [2.24, 2.45) is 0 Å².